The summed E-state index contributed by atoms with van der Waals surface area (Å²) in [6.07, 6.45) is 1.63. The highest BCUT2D eigenvalue weighted by Gasteiger charge is 2.23. The minimum atomic E-state index is -0.345. The Labute approximate surface area is 158 Å². The average molecular weight is 382 g/mol. The van der Waals surface area contributed by atoms with Gasteiger partial charge in [-0.1, -0.05) is 0 Å². The van der Waals surface area contributed by atoms with Crippen LogP contribution in [0.4, 0.5) is 4.39 Å². The maximum Gasteiger partial charge on any atom is 0.180 e. The first-order valence-corrected chi connectivity index (χ1v) is 9.30. The first-order valence-electron chi connectivity index (χ1n) is 8.49. The zero-order valence-electron chi connectivity index (χ0n) is 14.7. The van der Waals surface area contributed by atoms with Crippen LogP contribution in [0.3, 0.4) is 0 Å². The van der Waals surface area contributed by atoms with Crippen LogP contribution in [0, 0.1) is 5.82 Å². The van der Waals surface area contributed by atoms with E-state index < -0.39 is 0 Å². The number of pyridine rings is 1. The Morgan fingerprint density at radius 1 is 1.26 bits per heavy atom. The lowest BCUT2D eigenvalue weighted by Crippen LogP contribution is -2.25. The zero-order valence-corrected chi connectivity index (χ0v) is 15.5. The van der Waals surface area contributed by atoms with Gasteiger partial charge in [0.2, 0.25) is 0 Å². The van der Waals surface area contributed by atoms with Crippen LogP contribution in [-0.2, 0) is 0 Å². The van der Waals surface area contributed by atoms with Crippen LogP contribution >= 0.6 is 11.3 Å². The van der Waals surface area contributed by atoms with E-state index in [1.807, 2.05) is 19.1 Å². The third-order valence-corrected chi connectivity index (χ3v) is 5.56. The number of benzene rings is 2. The van der Waals surface area contributed by atoms with Gasteiger partial charge in [-0.3, -0.25) is 4.98 Å². The molecule has 0 amide bonds. The van der Waals surface area contributed by atoms with E-state index >= 15 is 0 Å². The number of halogens is 1. The summed E-state index contributed by atoms with van der Waals surface area (Å²) in [7, 11) is 1.56. The number of aromatic nitrogens is 2. The van der Waals surface area contributed by atoms with Gasteiger partial charge in [-0.15, -0.1) is 11.3 Å². The van der Waals surface area contributed by atoms with Crippen molar-refractivity contribution < 1.29 is 18.6 Å². The van der Waals surface area contributed by atoms with Gasteiger partial charge in [0, 0.05) is 10.9 Å². The van der Waals surface area contributed by atoms with E-state index in [1.54, 1.807) is 19.4 Å². The normalized spacial score (nSPS) is 16.0. The van der Waals surface area contributed by atoms with E-state index in [-0.39, 0.29) is 11.9 Å². The van der Waals surface area contributed by atoms with E-state index in [0.29, 0.717) is 45.3 Å². The van der Waals surface area contributed by atoms with Crippen LogP contribution in [0.5, 0.6) is 17.2 Å². The first-order chi connectivity index (χ1) is 13.1. The molecule has 5 nitrogen and oxygen atoms in total. The molecule has 0 aliphatic carbocycles. The molecule has 0 bridgehead atoms. The first kappa shape index (κ1) is 16.3. The molecule has 27 heavy (non-hydrogen) atoms. The quantitative estimate of drug-likeness (QED) is 0.498. The Kier molecular flexibility index (Phi) is 3.65. The number of nitrogens with zero attached hydrogens (tertiary/aromatic N) is 2. The molecule has 0 spiro atoms. The lowest BCUT2D eigenvalue weighted by molar-refractivity contribution is 0.106. The van der Waals surface area contributed by atoms with Crippen LogP contribution < -0.4 is 14.2 Å². The highest BCUT2D eigenvalue weighted by Crippen LogP contribution is 2.44. The van der Waals surface area contributed by atoms with Gasteiger partial charge in [-0.25, -0.2) is 9.37 Å². The van der Waals surface area contributed by atoms with Crippen molar-refractivity contribution in [3.8, 4) is 27.8 Å². The van der Waals surface area contributed by atoms with Gasteiger partial charge < -0.3 is 14.2 Å². The molecular formula is C20H15FN2O3S. The standard InChI is InChI=1S/C20H15FN2O3S/c1-10-9-25-18-16(26-10)4-3-15-19(18)27-20(23-15)14-7-12(21)5-11-6-13(24-2)8-22-17(11)14/h3-8,10H,9H2,1-2H3/t10-/m1/s1. The number of hydrogen-bond acceptors (Lipinski definition) is 6. The van der Waals surface area contributed by atoms with Crippen LogP contribution in [0.2, 0.25) is 0 Å². The third kappa shape index (κ3) is 2.66. The summed E-state index contributed by atoms with van der Waals surface area (Å²) in [4.78, 5) is 9.15. The Hall–Kier alpha value is -2.93. The number of hydrogen-bond donors (Lipinski definition) is 0. The van der Waals surface area contributed by atoms with Crippen molar-refractivity contribution in [2.75, 3.05) is 13.7 Å². The Morgan fingerprint density at radius 2 is 2.15 bits per heavy atom. The number of fused-ring (bicyclic) bond motifs is 4. The molecule has 2 aromatic heterocycles. The molecule has 0 radical (unpaired) electrons. The minimum absolute atomic E-state index is 0.00804. The summed E-state index contributed by atoms with van der Waals surface area (Å²) >= 11 is 1.45. The van der Waals surface area contributed by atoms with Gasteiger partial charge in [-0.2, -0.15) is 0 Å². The molecule has 0 saturated heterocycles. The SMILES string of the molecule is COc1cnc2c(-c3nc4ccc5c(c4s3)OC[C@@H](C)O5)cc(F)cc2c1. The molecule has 2 aromatic carbocycles. The second-order valence-corrected chi connectivity index (χ2v) is 7.40. The number of thiazole rings is 1. The molecule has 1 aliphatic heterocycles. The zero-order chi connectivity index (χ0) is 18.5. The molecule has 0 fully saturated rings. The molecule has 0 saturated carbocycles. The predicted molar refractivity (Wildman–Crippen MR) is 102 cm³/mol. The maximum atomic E-state index is 14.3. The predicted octanol–water partition coefficient (Wildman–Crippen LogP) is 4.82. The minimum Gasteiger partial charge on any atom is -0.495 e. The number of ether oxygens (including phenoxy) is 3. The van der Waals surface area contributed by atoms with Crippen molar-refractivity contribution in [1.29, 1.82) is 0 Å². The highest BCUT2D eigenvalue weighted by atomic mass is 32.1. The summed E-state index contributed by atoms with van der Waals surface area (Å²) in [6.45, 7) is 2.45. The molecule has 5 rings (SSSR count). The second-order valence-electron chi connectivity index (χ2n) is 6.40. The van der Waals surface area contributed by atoms with E-state index in [1.165, 1.54) is 23.5 Å². The van der Waals surface area contributed by atoms with E-state index in [9.17, 15) is 4.39 Å². The van der Waals surface area contributed by atoms with Gasteiger partial charge in [-0.05, 0) is 37.3 Å². The summed E-state index contributed by atoms with van der Waals surface area (Å²) in [5, 5.41) is 1.35. The lowest BCUT2D eigenvalue weighted by atomic mass is 10.1. The molecule has 0 unspecified atom stereocenters. The van der Waals surface area contributed by atoms with Crippen molar-refractivity contribution in [2.24, 2.45) is 0 Å². The lowest BCUT2D eigenvalue weighted by Gasteiger charge is -2.23. The molecular weight excluding hydrogens is 367 g/mol. The Morgan fingerprint density at radius 3 is 3.00 bits per heavy atom. The third-order valence-electron chi connectivity index (χ3n) is 4.46. The second kappa shape index (κ2) is 6.06. The van der Waals surface area contributed by atoms with Crippen LogP contribution in [0.15, 0.2) is 36.5 Å². The molecule has 4 aromatic rings. The topological polar surface area (TPSA) is 53.5 Å². The number of methoxy groups -OCH3 is 1. The van der Waals surface area contributed by atoms with Crippen LogP contribution in [0.1, 0.15) is 6.92 Å². The fourth-order valence-corrected chi connectivity index (χ4v) is 4.29. The van der Waals surface area contributed by atoms with Crippen molar-refractivity contribution in [3.63, 3.8) is 0 Å². The van der Waals surface area contributed by atoms with Crippen molar-refractivity contribution >= 4 is 32.5 Å². The Bertz CT molecular complexity index is 1190. The summed E-state index contributed by atoms with van der Waals surface area (Å²) < 4.78 is 32.1. The van der Waals surface area contributed by atoms with E-state index in [4.69, 9.17) is 14.2 Å². The smallest absolute Gasteiger partial charge is 0.180 e. The molecule has 7 heteroatoms. The van der Waals surface area contributed by atoms with E-state index in [0.717, 1.165) is 10.2 Å². The summed E-state index contributed by atoms with van der Waals surface area (Å²) in [5.41, 5.74) is 2.11. The molecule has 0 N–H and O–H groups in total. The fourth-order valence-electron chi connectivity index (χ4n) is 3.21. The van der Waals surface area contributed by atoms with Gasteiger partial charge in [0.25, 0.3) is 0 Å². The Balaban J connectivity index is 1.72. The molecule has 1 aliphatic rings. The van der Waals surface area contributed by atoms with Crippen molar-refractivity contribution in [2.45, 2.75) is 13.0 Å². The van der Waals surface area contributed by atoms with Crippen LogP contribution in [-0.4, -0.2) is 29.8 Å². The van der Waals surface area contributed by atoms with E-state index in [2.05, 4.69) is 9.97 Å². The largest absolute Gasteiger partial charge is 0.495 e. The van der Waals surface area contributed by atoms with Crippen molar-refractivity contribution in [3.05, 3.63) is 42.3 Å². The highest BCUT2D eigenvalue weighted by molar-refractivity contribution is 7.22. The van der Waals surface area contributed by atoms with Crippen LogP contribution in [0.25, 0.3) is 31.7 Å². The molecule has 1 atom stereocenters. The monoisotopic (exact) mass is 382 g/mol. The van der Waals surface area contributed by atoms with Gasteiger partial charge in [0.15, 0.2) is 11.5 Å². The maximum absolute atomic E-state index is 14.3. The molecule has 136 valence electrons. The van der Waals surface area contributed by atoms with Crippen molar-refractivity contribution in [1.82, 2.24) is 9.97 Å². The summed E-state index contributed by atoms with van der Waals surface area (Å²) in [6, 6.07) is 8.44. The van der Waals surface area contributed by atoms with Gasteiger partial charge in [0.05, 0.1) is 24.3 Å². The summed E-state index contributed by atoms with van der Waals surface area (Å²) in [5.74, 6) is 1.65. The fraction of sp³-hybridized carbons (Fsp3) is 0.200. The van der Waals surface area contributed by atoms with Gasteiger partial charge >= 0.3 is 0 Å². The van der Waals surface area contributed by atoms with Gasteiger partial charge in [0.1, 0.15) is 34.0 Å². The average Bonchev–Trinajstić information content (AvgIpc) is 3.11. The molecule has 3 heterocycles. The number of rotatable bonds is 2.